The van der Waals surface area contributed by atoms with Crippen molar-refractivity contribution in [2.45, 2.75) is 51.0 Å². The van der Waals surface area contributed by atoms with E-state index in [1.807, 2.05) is 6.92 Å². The van der Waals surface area contributed by atoms with Crippen molar-refractivity contribution >= 4 is 5.82 Å². The second kappa shape index (κ2) is 6.50. The summed E-state index contributed by atoms with van der Waals surface area (Å²) < 4.78 is 5.56. The molecule has 1 N–H and O–H groups in total. The van der Waals surface area contributed by atoms with Crippen LogP contribution in [0.3, 0.4) is 0 Å². The van der Waals surface area contributed by atoms with E-state index in [0.717, 1.165) is 57.1 Å². The number of rotatable bonds is 4. The maximum atomic E-state index is 5.56. The van der Waals surface area contributed by atoms with Crippen molar-refractivity contribution in [1.29, 1.82) is 0 Å². The molecule has 22 heavy (non-hydrogen) atoms. The molecule has 5 heteroatoms. The van der Waals surface area contributed by atoms with E-state index >= 15 is 0 Å². The van der Waals surface area contributed by atoms with Crippen molar-refractivity contribution < 1.29 is 4.74 Å². The van der Waals surface area contributed by atoms with E-state index in [2.05, 4.69) is 34.3 Å². The molecule has 2 aliphatic rings. The van der Waals surface area contributed by atoms with Gasteiger partial charge in [0.25, 0.3) is 0 Å². The Labute approximate surface area is 133 Å². The number of likely N-dealkylation sites (N-methyl/N-ethyl adjacent to an activating group) is 1. The molecule has 1 aromatic heterocycles. The van der Waals surface area contributed by atoms with Crippen molar-refractivity contribution in [3.63, 3.8) is 0 Å². The van der Waals surface area contributed by atoms with Crippen molar-refractivity contribution in [3.8, 4) is 0 Å². The maximum absolute atomic E-state index is 5.56. The highest BCUT2D eigenvalue weighted by atomic mass is 16.5. The molecular weight excluding hydrogens is 276 g/mol. The van der Waals surface area contributed by atoms with Crippen LogP contribution in [0, 0.1) is 6.92 Å². The zero-order valence-electron chi connectivity index (χ0n) is 14.1. The Kier molecular flexibility index (Phi) is 4.64. The van der Waals surface area contributed by atoms with E-state index in [0.29, 0.717) is 0 Å². The summed E-state index contributed by atoms with van der Waals surface area (Å²) in [7, 11) is 4.35. The molecule has 1 saturated heterocycles. The first-order valence-corrected chi connectivity index (χ1v) is 8.46. The van der Waals surface area contributed by atoms with Crippen molar-refractivity contribution in [3.05, 3.63) is 17.1 Å². The fourth-order valence-corrected chi connectivity index (χ4v) is 3.65. The monoisotopic (exact) mass is 304 g/mol. The second-order valence-electron chi connectivity index (χ2n) is 6.84. The molecular formula is C17H28N4O. The molecule has 3 rings (SSSR count). The first kappa shape index (κ1) is 15.7. The Morgan fingerprint density at radius 3 is 2.59 bits per heavy atom. The molecule has 0 bridgehead atoms. The maximum Gasteiger partial charge on any atom is 0.133 e. The Balaban J connectivity index is 1.79. The lowest BCUT2D eigenvalue weighted by molar-refractivity contribution is -0.000676. The van der Waals surface area contributed by atoms with Gasteiger partial charge < -0.3 is 15.0 Å². The highest BCUT2D eigenvalue weighted by Gasteiger charge is 2.35. The minimum absolute atomic E-state index is 0.165. The van der Waals surface area contributed by atoms with Gasteiger partial charge in [0, 0.05) is 36.6 Å². The van der Waals surface area contributed by atoms with Gasteiger partial charge in [0.05, 0.1) is 0 Å². The van der Waals surface area contributed by atoms with Gasteiger partial charge in [-0.15, -0.1) is 0 Å². The van der Waals surface area contributed by atoms with Crippen molar-refractivity contribution in [2.75, 3.05) is 39.2 Å². The fourth-order valence-electron chi connectivity index (χ4n) is 3.65. The molecule has 0 saturated carbocycles. The summed E-state index contributed by atoms with van der Waals surface area (Å²) in [6, 6.07) is 0. The molecule has 0 amide bonds. The van der Waals surface area contributed by atoms with Gasteiger partial charge in [-0.2, -0.15) is 0 Å². The highest BCUT2D eigenvalue weighted by molar-refractivity contribution is 5.48. The third-order valence-corrected chi connectivity index (χ3v) is 5.25. The van der Waals surface area contributed by atoms with Gasteiger partial charge in [-0.1, -0.05) is 0 Å². The zero-order valence-corrected chi connectivity index (χ0v) is 14.1. The van der Waals surface area contributed by atoms with Crippen LogP contribution in [0.25, 0.3) is 0 Å². The Morgan fingerprint density at radius 2 is 1.86 bits per heavy atom. The van der Waals surface area contributed by atoms with Gasteiger partial charge in [0.15, 0.2) is 0 Å². The summed E-state index contributed by atoms with van der Waals surface area (Å²) in [5.74, 6) is 1.95. The molecule has 0 aromatic carbocycles. The number of fused-ring (bicyclic) bond motifs is 1. The topological polar surface area (TPSA) is 50.3 Å². The number of nitrogens with zero attached hydrogens (tertiary/aromatic N) is 3. The summed E-state index contributed by atoms with van der Waals surface area (Å²) in [6.45, 7) is 4.62. The number of nitrogens with one attached hydrogen (secondary N) is 1. The standard InChI is InChI=1S/C17H28N4O/c1-13-19-15-7-5-4-6-14(15)16(20-13)18-12-17(21(2)3)8-10-22-11-9-17/h4-12H2,1-3H3,(H,18,19,20). The SMILES string of the molecule is Cc1nc2c(c(NCC3(N(C)C)CCOCC3)n1)CCCC2. The zero-order chi connectivity index (χ0) is 15.6. The summed E-state index contributed by atoms with van der Waals surface area (Å²) in [5.41, 5.74) is 2.77. The van der Waals surface area contributed by atoms with Crippen LogP contribution in [0.5, 0.6) is 0 Å². The Morgan fingerprint density at radius 1 is 1.14 bits per heavy atom. The molecule has 0 spiro atoms. The van der Waals surface area contributed by atoms with Gasteiger partial charge in [0.1, 0.15) is 11.6 Å². The predicted octanol–water partition coefficient (Wildman–Crippen LogP) is 2.19. The van der Waals surface area contributed by atoms with Crippen LogP contribution in [0.2, 0.25) is 0 Å². The quantitative estimate of drug-likeness (QED) is 0.924. The Bertz CT molecular complexity index is 524. The van der Waals surface area contributed by atoms with Gasteiger partial charge in [-0.3, -0.25) is 0 Å². The lowest BCUT2D eigenvalue weighted by Crippen LogP contribution is -2.53. The average Bonchev–Trinajstić information content (AvgIpc) is 2.53. The minimum Gasteiger partial charge on any atom is -0.381 e. The number of anilines is 1. The molecule has 2 heterocycles. The van der Waals surface area contributed by atoms with Crippen LogP contribution in [0.15, 0.2) is 0 Å². The Hall–Kier alpha value is -1.20. The third-order valence-electron chi connectivity index (χ3n) is 5.25. The van der Waals surface area contributed by atoms with Crippen LogP contribution < -0.4 is 5.32 Å². The van der Waals surface area contributed by atoms with E-state index in [1.165, 1.54) is 24.1 Å². The van der Waals surface area contributed by atoms with Crippen molar-refractivity contribution in [1.82, 2.24) is 14.9 Å². The lowest BCUT2D eigenvalue weighted by Gasteiger charge is -2.43. The van der Waals surface area contributed by atoms with Gasteiger partial charge >= 0.3 is 0 Å². The lowest BCUT2D eigenvalue weighted by atomic mass is 9.88. The molecule has 1 fully saturated rings. The molecule has 1 aromatic rings. The van der Waals surface area contributed by atoms with Crippen LogP contribution in [-0.4, -0.2) is 54.3 Å². The van der Waals surface area contributed by atoms with E-state index in [4.69, 9.17) is 4.74 Å². The van der Waals surface area contributed by atoms with E-state index < -0.39 is 0 Å². The highest BCUT2D eigenvalue weighted by Crippen LogP contribution is 2.29. The third kappa shape index (κ3) is 3.10. The molecule has 0 unspecified atom stereocenters. The van der Waals surface area contributed by atoms with Crippen molar-refractivity contribution in [2.24, 2.45) is 0 Å². The molecule has 0 radical (unpaired) electrons. The number of hydrogen-bond donors (Lipinski definition) is 1. The summed E-state index contributed by atoms with van der Waals surface area (Å²) in [5, 5.41) is 3.66. The predicted molar refractivity (Wildman–Crippen MR) is 88.4 cm³/mol. The minimum atomic E-state index is 0.165. The van der Waals surface area contributed by atoms with Crippen LogP contribution >= 0.6 is 0 Å². The largest absolute Gasteiger partial charge is 0.381 e. The number of hydrogen-bond acceptors (Lipinski definition) is 5. The molecule has 1 aliphatic carbocycles. The second-order valence-corrected chi connectivity index (χ2v) is 6.84. The molecule has 5 nitrogen and oxygen atoms in total. The molecule has 122 valence electrons. The normalized spacial score (nSPS) is 20.7. The first-order chi connectivity index (χ1) is 10.6. The van der Waals surface area contributed by atoms with Gasteiger partial charge in [-0.25, -0.2) is 9.97 Å². The number of aromatic nitrogens is 2. The van der Waals surface area contributed by atoms with Crippen LogP contribution in [-0.2, 0) is 17.6 Å². The van der Waals surface area contributed by atoms with Gasteiger partial charge in [0.2, 0.25) is 0 Å². The van der Waals surface area contributed by atoms with E-state index in [-0.39, 0.29) is 5.54 Å². The van der Waals surface area contributed by atoms with E-state index in [1.54, 1.807) is 0 Å². The summed E-state index contributed by atoms with van der Waals surface area (Å²) >= 11 is 0. The van der Waals surface area contributed by atoms with Crippen LogP contribution in [0.1, 0.15) is 42.8 Å². The number of ether oxygens (including phenoxy) is 1. The van der Waals surface area contributed by atoms with Gasteiger partial charge in [-0.05, 0) is 59.5 Å². The van der Waals surface area contributed by atoms with Crippen LogP contribution in [0.4, 0.5) is 5.82 Å². The van der Waals surface area contributed by atoms with E-state index in [9.17, 15) is 0 Å². The summed E-state index contributed by atoms with van der Waals surface area (Å²) in [6.07, 6.45) is 6.84. The first-order valence-electron chi connectivity index (χ1n) is 8.46. The fraction of sp³-hybridized carbons (Fsp3) is 0.765. The summed E-state index contributed by atoms with van der Waals surface area (Å²) in [4.78, 5) is 11.7. The number of aryl methyl sites for hydroxylation is 2. The molecule has 1 aliphatic heterocycles. The molecule has 0 atom stereocenters. The smallest absolute Gasteiger partial charge is 0.133 e. The average molecular weight is 304 g/mol.